The van der Waals surface area contributed by atoms with Gasteiger partial charge in [0.15, 0.2) is 0 Å². The molecule has 2 heterocycles. The van der Waals surface area contributed by atoms with E-state index in [0.29, 0.717) is 23.8 Å². The number of aromatic nitrogens is 1. The van der Waals surface area contributed by atoms with Crippen molar-refractivity contribution in [2.75, 3.05) is 19.8 Å². The summed E-state index contributed by atoms with van der Waals surface area (Å²) in [4.78, 5) is 4.37. The summed E-state index contributed by atoms with van der Waals surface area (Å²) in [5, 5.41) is 3.26. The van der Waals surface area contributed by atoms with E-state index < -0.39 is 11.7 Å². The van der Waals surface area contributed by atoms with Gasteiger partial charge in [-0.25, -0.2) is 4.98 Å². The number of alkyl halides is 3. The summed E-state index contributed by atoms with van der Waals surface area (Å²) in [6.07, 6.45) is -1.26. The lowest BCUT2D eigenvalue weighted by molar-refractivity contribution is -0.139. The maximum atomic E-state index is 13.6. The average molecular weight is 432 g/mol. The molecule has 0 saturated carbocycles. The molecule has 8 heteroatoms. The lowest BCUT2D eigenvalue weighted by atomic mass is 10.1. The van der Waals surface area contributed by atoms with E-state index >= 15 is 0 Å². The molecule has 1 aromatic heterocycles. The van der Waals surface area contributed by atoms with Crippen LogP contribution in [0.25, 0.3) is 11.3 Å². The van der Waals surface area contributed by atoms with E-state index in [1.165, 1.54) is 12.3 Å². The summed E-state index contributed by atoms with van der Waals surface area (Å²) >= 11 is 0. The number of hydrogen-bond donors (Lipinski definition) is 1. The molecule has 4 rings (SSSR count). The van der Waals surface area contributed by atoms with Crippen molar-refractivity contribution in [3.05, 3.63) is 71.8 Å². The van der Waals surface area contributed by atoms with Crippen LogP contribution in [-0.4, -0.2) is 24.7 Å². The zero-order valence-corrected chi connectivity index (χ0v) is 16.8. The Hall–Kier alpha value is -2.84. The highest BCUT2D eigenvalue weighted by Crippen LogP contribution is 2.39. The Morgan fingerprint density at radius 2 is 1.94 bits per heavy atom. The molecule has 0 spiro atoms. The summed E-state index contributed by atoms with van der Waals surface area (Å²) in [5.74, 6) is 0.262. The van der Waals surface area contributed by atoms with E-state index in [1.54, 1.807) is 6.07 Å². The lowest BCUT2D eigenvalue weighted by Gasteiger charge is -2.15. The van der Waals surface area contributed by atoms with Crippen LogP contribution in [0.3, 0.4) is 0 Å². The fourth-order valence-corrected chi connectivity index (χ4v) is 3.49. The normalized spacial score (nSPS) is 16.5. The minimum atomic E-state index is -4.56. The second kappa shape index (κ2) is 9.53. The Balaban J connectivity index is 1.41. The van der Waals surface area contributed by atoms with Crippen LogP contribution in [0.4, 0.5) is 13.2 Å². The molecule has 0 aliphatic carbocycles. The van der Waals surface area contributed by atoms with Crippen LogP contribution in [0.2, 0.25) is 0 Å². The van der Waals surface area contributed by atoms with Crippen LogP contribution in [0, 0.1) is 0 Å². The third-order valence-electron chi connectivity index (χ3n) is 5.06. The molecule has 1 aliphatic heterocycles. The van der Waals surface area contributed by atoms with E-state index in [2.05, 4.69) is 10.3 Å². The first-order chi connectivity index (χ1) is 15.0. The Kier molecular flexibility index (Phi) is 6.58. The van der Waals surface area contributed by atoms with E-state index in [1.807, 2.05) is 30.3 Å². The predicted molar refractivity (Wildman–Crippen MR) is 109 cm³/mol. The molecular weight excluding hydrogens is 409 g/mol. The number of ether oxygens (including phenoxy) is 2. The summed E-state index contributed by atoms with van der Waals surface area (Å²) < 4.78 is 57.2. The number of halogens is 3. The van der Waals surface area contributed by atoms with Gasteiger partial charge in [-0.2, -0.15) is 13.2 Å². The molecule has 164 valence electrons. The van der Waals surface area contributed by atoms with Crippen molar-refractivity contribution in [1.29, 1.82) is 0 Å². The van der Waals surface area contributed by atoms with Crippen LogP contribution >= 0.6 is 0 Å². The maximum absolute atomic E-state index is 13.6. The second-order valence-electron chi connectivity index (χ2n) is 7.32. The molecule has 2 aromatic carbocycles. The van der Waals surface area contributed by atoms with Crippen LogP contribution in [-0.2, 0) is 17.5 Å². The molecule has 1 N–H and O–H groups in total. The number of benzene rings is 2. The molecule has 0 radical (unpaired) electrons. The van der Waals surface area contributed by atoms with Crippen molar-refractivity contribution in [1.82, 2.24) is 10.3 Å². The minimum Gasteiger partial charge on any atom is -0.491 e. The van der Waals surface area contributed by atoms with Crippen LogP contribution < -0.4 is 10.1 Å². The van der Waals surface area contributed by atoms with Gasteiger partial charge < -0.3 is 19.2 Å². The lowest BCUT2D eigenvalue weighted by Crippen LogP contribution is -2.13. The molecule has 1 aliphatic rings. The molecule has 1 saturated heterocycles. The molecule has 0 amide bonds. The standard InChI is InChI=1S/C23H23F3N2O3/c24-23(25,26)18-13-17(20-15-31-22(28-20)19-7-4-10-27-19)8-9-21(18)30-12-11-29-14-16-5-2-1-3-6-16/h1-3,5-6,8-9,13,15,19,27H,4,7,10-12,14H2. The fourth-order valence-electron chi connectivity index (χ4n) is 3.49. The Bertz CT molecular complexity index is 983. The maximum Gasteiger partial charge on any atom is 0.419 e. The number of rotatable bonds is 8. The minimum absolute atomic E-state index is 0.00864. The Morgan fingerprint density at radius 1 is 1.10 bits per heavy atom. The molecule has 1 unspecified atom stereocenters. The molecular formula is C23H23F3N2O3. The third kappa shape index (κ3) is 5.45. The van der Waals surface area contributed by atoms with E-state index in [4.69, 9.17) is 13.9 Å². The molecule has 1 atom stereocenters. The van der Waals surface area contributed by atoms with Crippen LogP contribution in [0.15, 0.2) is 59.2 Å². The molecule has 1 fully saturated rings. The van der Waals surface area contributed by atoms with E-state index in [9.17, 15) is 13.2 Å². The summed E-state index contributed by atoms with van der Waals surface area (Å²) in [6.45, 7) is 1.44. The van der Waals surface area contributed by atoms with Crippen LogP contribution in [0.1, 0.15) is 35.9 Å². The van der Waals surface area contributed by atoms with Crippen molar-refractivity contribution in [2.24, 2.45) is 0 Å². The third-order valence-corrected chi connectivity index (χ3v) is 5.06. The van der Waals surface area contributed by atoms with Crippen molar-refractivity contribution in [3.8, 4) is 17.0 Å². The molecule has 31 heavy (non-hydrogen) atoms. The monoisotopic (exact) mass is 432 g/mol. The quantitative estimate of drug-likeness (QED) is 0.485. The van der Waals surface area contributed by atoms with Gasteiger partial charge in [0.05, 0.1) is 24.8 Å². The topological polar surface area (TPSA) is 56.5 Å². The molecule has 0 bridgehead atoms. The van der Waals surface area contributed by atoms with Gasteiger partial charge in [-0.15, -0.1) is 0 Å². The van der Waals surface area contributed by atoms with Gasteiger partial charge in [-0.3, -0.25) is 0 Å². The predicted octanol–water partition coefficient (Wildman–Crippen LogP) is 5.38. The van der Waals surface area contributed by atoms with Gasteiger partial charge in [0.2, 0.25) is 5.89 Å². The number of hydrogen-bond acceptors (Lipinski definition) is 5. The first-order valence-corrected chi connectivity index (χ1v) is 10.2. The largest absolute Gasteiger partial charge is 0.491 e. The first kappa shape index (κ1) is 21.4. The Labute approximate surface area is 178 Å². The summed E-state index contributed by atoms with van der Waals surface area (Å²) in [5.41, 5.74) is 0.833. The first-order valence-electron chi connectivity index (χ1n) is 10.2. The highest BCUT2D eigenvalue weighted by atomic mass is 19.4. The van der Waals surface area contributed by atoms with E-state index in [0.717, 1.165) is 31.0 Å². The van der Waals surface area contributed by atoms with Crippen molar-refractivity contribution in [3.63, 3.8) is 0 Å². The van der Waals surface area contributed by atoms with Crippen molar-refractivity contribution >= 4 is 0 Å². The van der Waals surface area contributed by atoms with Gasteiger partial charge in [-0.1, -0.05) is 30.3 Å². The SMILES string of the molecule is FC(F)(F)c1cc(-c2coc(C3CCCN3)n2)ccc1OCCOCc1ccccc1. The van der Waals surface area contributed by atoms with Gasteiger partial charge in [0, 0.05) is 5.56 Å². The number of oxazole rings is 1. The zero-order chi connectivity index (χ0) is 21.7. The molecule has 3 aromatic rings. The highest BCUT2D eigenvalue weighted by molar-refractivity contribution is 5.61. The number of nitrogens with one attached hydrogen (secondary N) is 1. The Morgan fingerprint density at radius 3 is 2.68 bits per heavy atom. The fraction of sp³-hybridized carbons (Fsp3) is 0.348. The number of nitrogens with zero attached hydrogens (tertiary/aromatic N) is 1. The second-order valence-corrected chi connectivity index (χ2v) is 7.32. The van der Waals surface area contributed by atoms with Gasteiger partial charge in [-0.05, 0) is 43.1 Å². The summed E-state index contributed by atoms with van der Waals surface area (Å²) in [7, 11) is 0. The molecule has 5 nitrogen and oxygen atoms in total. The van der Waals surface area contributed by atoms with Crippen molar-refractivity contribution < 1.29 is 27.1 Å². The summed E-state index contributed by atoms with van der Waals surface area (Å²) in [6, 6.07) is 13.5. The highest BCUT2D eigenvalue weighted by Gasteiger charge is 2.35. The van der Waals surface area contributed by atoms with Crippen molar-refractivity contribution in [2.45, 2.75) is 31.7 Å². The smallest absolute Gasteiger partial charge is 0.419 e. The van der Waals surface area contributed by atoms with Gasteiger partial charge >= 0.3 is 6.18 Å². The van der Waals surface area contributed by atoms with Crippen LogP contribution in [0.5, 0.6) is 5.75 Å². The van der Waals surface area contributed by atoms with E-state index in [-0.39, 0.29) is 25.0 Å². The van der Waals surface area contributed by atoms with Gasteiger partial charge in [0.25, 0.3) is 0 Å². The van der Waals surface area contributed by atoms with Gasteiger partial charge in [0.1, 0.15) is 24.3 Å². The zero-order valence-electron chi connectivity index (χ0n) is 16.8. The average Bonchev–Trinajstić information content (AvgIpc) is 3.46.